The molecule has 0 bridgehead atoms. The van der Waals surface area contributed by atoms with Crippen molar-refractivity contribution in [2.75, 3.05) is 0 Å². The second kappa shape index (κ2) is 4.16. The van der Waals surface area contributed by atoms with Crippen molar-refractivity contribution in [1.29, 1.82) is 0 Å². The molecule has 0 aliphatic carbocycles. The van der Waals surface area contributed by atoms with Gasteiger partial charge in [-0.05, 0) is 25.0 Å². The van der Waals surface area contributed by atoms with Crippen LogP contribution in [0.4, 0.5) is 0 Å². The Morgan fingerprint density at radius 2 is 2.31 bits per heavy atom. The lowest BCUT2D eigenvalue weighted by Crippen LogP contribution is -2.28. The van der Waals surface area contributed by atoms with Crippen molar-refractivity contribution in [2.45, 2.75) is 19.9 Å². The zero-order chi connectivity index (χ0) is 9.84. The van der Waals surface area contributed by atoms with Gasteiger partial charge in [-0.1, -0.05) is 18.2 Å². The molecule has 1 unspecified atom stereocenters. The normalized spacial score (nSPS) is 12.5. The van der Waals surface area contributed by atoms with Crippen LogP contribution in [0.15, 0.2) is 30.6 Å². The Hall–Kier alpha value is -1.19. The van der Waals surface area contributed by atoms with Crippen molar-refractivity contribution in [3.63, 3.8) is 0 Å². The third-order valence-electron chi connectivity index (χ3n) is 1.89. The molecule has 1 atom stereocenters. The van der Waals surface area contributed by atoms with Crippen LogP contribution in [0, 0.1) is 6.92 Å². The van der Waals surface area contributed by atoms with Crippen LogP contribution in [0.2, 0.25) is 0 Å². The summed E-state index contributed by atoms with van der Waals surface area (Å²) in [5, 5.41) is 0. The van der Waals surface area contributed by atoms with Crippen LogP contribution >= 0.6 is 0 Å². The van der Waals surface area contributed by atoms with Gasteiger partial charge in [-0.3, -0.25) is 10.8 Å². The predicted octanol–water partition coefficient (Wildman–Crippen LogP) is 1.47. The van der Waals surface area contributed by atoms with Gasteiger partial charge in [0.25, 0.3) is 0 Å². The van der Waals surface area contributed by atoms with E-state index in [0.717, 1.165) is 16.7 Å². The van der Waals surface area contributed by atoms with Crippen LogP contribution in [0.5, 0.6) is 0 Å². The highest BCUT2D eigenvalue weighted by atomic mass is 15.2. The van der Waals surface area contributed by atoms with E-state index < -0.39 is 0 Å². The van der Waals surface area contributed by atoms with Crippen LogP contribution in [0.25, 0.3) is 0 Å². The fraction of sp³-hybridized carbons (Fsp3) is 0.300. The summed E-state index contributed by atoms with van der Waals surface area (Å²) in [4.78, 5) is 4.10. The first-order valence-corrected chi connectivity index (χ1v) is 4.18. The highest BCUT2D eigenvalue weighted by Gasteiger charge is 2.09. The second-order valence-electron chi connectivity index (χ2n) is 3.24. The average Bonchev–Trinajstić information content (AvgIpc) is 2.04. The van der Waals surface area contributed by atoms with Crippen LogP contribution in [0.3, 0.4) is 0 Å². The van der Waals surface area contributed by atoms with Gasteiger partial charge in [-0.2, -0.15) is 0 Å². The number of nitrogens with zero attached hydrogens (tertiary/aromatic N) is 1. The van der Waals surface area contributed by atoms with E-state index in [1.807, 2.05) is 26.1 Å². The molecule has 0 radical (unpaired) electrons. The minimum Gasteiger partial charge on any atom is -0.271 e. The molecule has 1 aromatic heterocycles. The van der Waals surface area contributed by atoms with Gasteiger partial charge in [0, 0.05) is 12.4 Å². The van der Waals surface area contributed by atoms with Crippen molar-refractivity contribution >= 4 is 0 Å². The molecule has 0 aromatic carbocycles. The molecule has 0 saturated carbocycles. The van der Waals surface area contributed by atoms with E-state index in [-0.39, 0.29) is 6.04 Å². The van der Waals surface area contributed by atoms with Gasteiger partial charge in [0.2, 0.25) is 0 Å². The molecule has 70 valence electrons. The third kappa shape index (κ3) is 2.37. The predicted molar refractivity (Wildman–Crippen MR) is 53.9 cm³/mol. The maximum Gasteiger partial charge on any atom is 0.0679 e. The molecule has 0 saturated heterocycles. The van der Waals surface area contributed by atoms with E-state index in [2.05, 4.69) is 17.0 Å². The molecule has 1 aromatic rings. The number of aryl methyl sites for hydroxylation is 1. The summed E-state index contributed by atoms with van der Waals surface area (Å²) in [5.41, 5.74) is 5.86. The van der Waals surface area contributed by atoms with E-state index in [1.165, 1.54) is 0 Å². The number of hydrogen-bond donors (Lipinski definition) is 2. The minimum absolute atomic E-state index is 0.00704. The summed E-state index contributed by atoms with van der Waals surface area (Å²) in [6.45, 7) is 7.80. The fourth-order valence-electron chi connectivity index (χ4n) is 1.26. The van der Waals surface area contributed by atoms with Crippen LogP contribution < -0.4 is 11.3 Å². The number of hydrogen-bond acceptors (Lipinski definition) is 3. The molecule has 1 heterocycles. The van der Waals surface area contributed by atoms with Crippen LogP contribution in [-0.4, -0.2) is 4.98 Å². The highest BCUT2D eigenvalue weighted by molar-refractivity contribution is 5.26. The number of nitrogens with two attached hydrogens (primary N) is 1. The summed E-state index contributed by atoms with van der Waals surface area (Å²) in [6.07, 6.45) is 3.61. The molecule has 0 spiro atoms. The Labute approximate surface area is 78.6 Å². The van der Waals surface area contributed by atoms with Gasteiger partial charge in [0.05, 0.1) is 6.04 Å². The quantitative estimate of drug-likeness (QED) is 0.417. The van der Waals surface area contributed by atoms with Gasteiger partial charge >= 0.3 is 0 Å². The maximum absolute atomic E-state index is 5.42. The Balaban J connectivity index is 2.98. The third-order valence-corrected chi connectivity index (χ3v) is 1.89. The Morgan fingerprint density at radius 3 is 2.77 bits per heavy atom. The second-order valence-corrected chi connectivity index (χ2v) is 3.24. The van der Waals surface area contributed by atoms with Crippen molar-refractivity contribution in [1.82, 2.24) is 10.4 Å². The minimum atomic E-state index is -0.00704. The zero-order valence-electron chi connectivity index (χ0n) is 8.04. The Morgan fingerprint density at radius 1 is 1.62 bits per heavy atom. The number of rotatable bonds is 3. The van der Waals surface area contributed by atoms with E-state index in [4.69, 9.17) is 5.84 Å². The topological polar surface area (TPSA) is 50.9 Å². The lowest BCUT2D eigenvalue weighted by molar-refractivity contribution is 0.624. The summed E-state index contributed by atoms with van der Waals surface area (Å²) in [6, 6.07) is 2.04. The molecule has 0 aliphatic rings. The highest BCUT2D eigenvalue weighted by Crippen LogP contribution is 2.18. The van der Waals surface area contributed by atoms with Gasteiger partial charge in [-0.25, -0.2) is 5.43 Å². The molecule has 3 heteroatoms. The molecule has 3 nitrogen and oxygen atoms in total. The maximum atomic E-state index is 5.42. The largest absolute Gasteiger partial charge is 0.271 e. The number of hydrazine groups is 1. The molecule has 0 aliphatic heterocycles. The molecule has 1 rings (SSSR count). The summed E-state index contributed by atoms with van der Waals surface area (Å²) >= 11 is 0. The van der Waals surface area contributed by atoms with E-state index in [1.54, 1.807) is 6.20 Å². The molecular formula is C10H15N3. The monoisotopic (exact) mass is 177 g/mol. The first kappa shape index (κ1) is 9.89. The first-order chi connectivity index (χ1) is 6.15. The SMILES string of the molecule is C=C(C)C(NN)c1cncc(C)c1. The Bertz CT molecular complexity index is 307. The molecule has 0 amide bonds. The van der Waals surface area contributed by atoms with Crippen molar-refractivity contribution < 1.29 is 0 Å². The van der Waals surface area contributed by atoms with Crippen LogP contribution in [-0.2, 0) is 0 Å². The standard InChI is InChI=1S/C10H15N3/c1-7(2)10(13-11)9-4-8(3)5-12-6-9/h4-6,10,13H,1,11H2,2-3H3. The first-order valence-electron chi connectivity index (χ1n) is 4.18. The van der Waals surface area contributed by atoms with Gasteiger partial charge in [0.15, 0.2) is 0 Å². The molecular weight excluding hydrogens is 162 g/mol. The molecule has 0 fully saturated rings. The lowest BCUT2D eigenvalue weighted by atomic mass is 10.0. The van der Waals surface area contributed by atoms with Crippen molar-refractivity contribution in [3.05, 3.63) is 41.7 Å². The molecule has 3 N–H and O–H groups in total. The van der Waals surface area contributed by atoms with E-state index in [9.17, 15) is 0 Å². The summed E-state index contributed by atoms with van der Waals surface area (Å²) < 4.78 is 0. The fourth-order valence-corrected chi connectivity index (χ4v) is 1.26. The van der Waals surface area contributed by atoms with Gasteiger partial charge in [0.1, 0.15) is 0 Å². The number of nitrogens with one attached hydrogen (secondary N) is 1. The molecule has 13 heavy (non-hydrogen) atoms. The zero-order valence-corrected chi connectivity index (χ0v) is 8.04. The van der Waals surface area contributed by atoms with Crippen molar-refractivity contribution in [2.24, 2.45) is 5.84 Å². The smallest absolute Gasteiger partial charge is 0.0679 e. The van der Waals surface area contributed by atoms with Gasteiger partial charge in [-0.15, -0.1) is 0 Å². The Kier molecular flexibility index (Phi) is 3.17. The lowest BCUT2D eigenvalue weighted by Gasteiger charge is -2.15. The average molecular weight is 177 g/mol. The summed E-state index contributed by atoms with van der Waals surface area (Å²) in [7, 11) is 0. The number of pyridine rings is 1. The van der Waals surface area contributed by atoms with E-state index >= 15 is 0 Å². The number of aromatic nitrogens is 1. The van der Waals surface area contributed by atoms with Crippen LogP contribution in [0.1, 0.15) is 24.1 Å². The van der Waals surface area contributed by atoms with Gasteiger partial charge < -0.3 is 0 Å². The van der Waals surface area contributed by atoms with E-state index in [0.29, 0.717) is 0 Å². The van der Waals surface area contributed by atoms with Crippen molar-refractivity contribution in [3.8, 4) is 0 Å². The summed E-state index contributed by atoms with van der Waals surface area (Å²) in [5.74, 6) is 5.42.